The summed E-state index contributed by atoms with van der Waals surface area (Å²) in [5, 5.41) is 1.67. The van der Waals surface area contributed by atoms with Gasteiger partial charge in [-0.25, -0.2) is 8.42 Å². The first-order valence-corrected chi connectivity index (χ1v) is 12.1. The van der Waals surface area contributed by atoms with Crippen molar-refractivity contribution in [2.24, 2.45) is 0 Å². The summed E-state index contributed by atoms with van der Waals surface area (Å²) in [5.74, 6) is -1.19. The molecule has 7 nitrogen and oxygen atoms in total. The van der Waals surface area contributed by atoms with Gasteiger partial charge in [-0.15, -0.1) is 0 Å². The SMILES string of the molecule is O=C(NNC(=O)C(Cc1ccccc1)NS(=O)(=O)c1ccc2ccccc2c1)c1ccccc1. The zero-order valence-electron chi connectivity index (χ0n) is 18.1. The van der Waals surface area contributed by atoms with Crippen LogP contribution in [0.15, 0.2) is 108 Å². The highest BCUT2D eigenvalue weighted by Crippen LogP contribution is 2.19. The standard InChI is InChI=1S/C26H23N3O4S/c30-25(21-12-5-2-6-13-21)27-28-26(31)24(17-19-9-3-1-4-10-19)29-34(32,33)23-16-15-20-11-7-8-14-22(20)18-23/h1-16,18,24,29H,17H2,(H,27,30)(H,28,31). The molecule has 34 heavy (non-hydrogen) atoms. The van der Waals surface area contributed by atoms with Crippen molar-refractivity contribution in [1.82, 2.24) is 15.6 Å². The molecular weight excluding hydrogens is 450 g/mol. The van der Waals surface area contributed by atoms with Crippen molar-refractivity contribution in [3.05, 3.63) is 114 Å². The molecule has 0 radical (unpaired) electrons. The Labute approximate surface area is 197 Å². The number of carbonyl (C=O) groups excluding carboxylic acids is 2. The van der Waals surface area contributed by atoms with Crippen LogP contribution in [0.2, 0.25) is 0 Å². The number of fused-ring (bicyclic) bond motifs is 1. The third-order valence-electron chi connectivity index (χ3n) is 5.26. The maximum atomic E-state index is 13.2. The summed E-state index contributed by atoms with van der Waals surface area (Å²) in [4.78, 5) is 25.3. The van der Waals surface area contributed by atoms with Gasteiger partial charge in [0.25, 0.3) is 11.8 Å². The lowest BCUT2D eigenvalue weighted by molar-refractivity contribution is -0.123. The molecule has 0 aliphatic rings. The van der Waals surface area contributed by atoms with Gasteiger partial charge in [0, 0.05) is 5.56 Å². The van der Waals surface area contributed by atoms with Crippen LogP contribution in [-0.2, 0) is 21.2 Å². The Morgan fingerprint density at radius 3 is 2.03 bits per heavy atom. The van der Waals surface area contributed by atoms with Crippen LogP contribution >= 0.6 is 0 Å². The van der Waals surface area contributed by atoms with E-state index in [2.05, 4.69) is 15.6 Å². The van der Waals surface area contributed by atoms with Gasteiger partial charge in [0.2, 0.25) is 10.0 Å². The first-order valence-electron chi connectivity index (χ1n) is 10.6. The lowest BCUT2D eigenvalue weighted by atomic mass is 10.1. The number of hydrogen-bond acceptors (Lipinski definition) is 4. The molecule has 1 atom stereocenters. The maximum absolute atomic E-state index is 13.2. The van der Waals surface area contributed by atoms with E-state index in [9.17, 15) is 18.0 Å². The van der Waals surface area contributed by atoms with E-state index in [4.69, 9.17) is 0 Å². The van der Waals surface area contributed by atoms with E-state index in [0.717, 1.165) is 16.3 Å². The lowest BCUT2D eigenvalue weighted by Gasteiger charge is -2.19. The monoisotopic (exact) mass is 473 g/mol. The molecule has 3 N–H and O–H groups in total. The molecule has 0 saturated heterocycles. The molecule has 0 aliphatic heterocycles. The fraction of sp³-hybridized carbons (Fsp3) is 0.0769. The van der Waals surface area contributed by atoms with E-state index >= 15 is 0 Å². The van der Waals surface area contributed by atoms with Gasteiger partial charge in [-0.2, -0.15) is 4.72 Å². The van der Waals surface area contributed by atoms with Gasteiger partial charge in [-0.1, -0.05) is 78.9 Å². The molecule has 0 bridgehead atoms. The van der Waals surface area contributed by atoms with Gasteiger partial charge in [-0.3, -0.25) is 20.4 Å². The van der Waals surface area contributed by atoms with Crippen molar-refractivity contribution < 1.29 is 18.0 Å². The summed E-state index contributed by atoms with van der Waals surface area (Å²) < 4.78 is 28.8. The van der Waals surface area contributed by atoms with Gasteiger partial charge in [0.1, 0.15) is 6.04 Å². The quantitative estimate of drug-likeness (QED) is 0.359. The summed E-state index contributed by atoms with van der Waals surface area (Å²) in [6.45, 7) is 0. The number of hydrogen-bond donors (Lipinski definition) is 3. The van der Waals surface area contributed by atoms with Crippen LogP contribution in [0.3, 0.4) is 0 Å². The lowest BCUT2D eigenvalue weighted by Crippen LogP contribution is -2.53. The molecule has 0 fully saturated rings. The van der Waals surface area contributed by atoms with Crippen LogP contribution in [0.1, 0.15) is 15.9 Å². The third-order valence-corrected chi connectivity index (χ3v) is 6.73. The molecule has 0 spiro atoms. The van der Waals surface area contributed by atoms with E-state index in [0.29, 0.717) is 5.56 Å². The molecule has 4 rings (SSSR count). The van der Waals surface area contributed by atoms with Crippen molar-refractivity contribution in [2.45, 2.75) is 17.4 Å². The summed E-state index contributed by atoms with van der Waals surface area (Å²) in [6, 6.07) is 28.4. The Morgan fingerprint density at radius 1 is 0.706 bits per heavy atom. The van der Waals surface area contributed by atoms with Gasteiger partial charge < -0.3 is 0 Å². The molecule has 0 heterocycles. The predicted molar refractivity (Wildman–Crippen MR) is 130 cm³/mol. The van der Waals surface area contributed by atoms with Crippen LogP contribution in [0, 0.1) is 0 Å². The zero-order valence-corrected chi connectivity index (χ0v) is 19.0. The highest BCUT2D eigenvalue weighted by molar-refractivity contribution is 7.89. The van der Waals surface area contributed by atoms with Crippen LogP contribution in [0.4, 0.5) is 0 Å². The molecule has 4 aromatic rings. The van der Waals surface area contributed by atoms with Gasteiger partial charge in [0.15, 0.2) is 0 Å². The molecule has 0 aliphatic carbocycles. The largest absolute Gasteiger partial charge is 0.271 e. The number of sulfonamides is 1. The number of amides is 2. The predicted octanol–water partition coefficient (Wildman–Crippen LogP) is 3.19. The molecule has 1 unspecified atom stereocenters. The van der Waals surface area contributed by atoms with Crippen LogP contribution in [0.5, 0.6) is 0 Å². The van der Waals surface area contributed by atoms with Crippen LogP contribution in [0.25, 0.3) is 10.8 Å². The van der Waals surface area contributed by atoms with Crippen LogP contribution < -0.4 is 15.6 Å². The second-order valence-corrected chi connectivity index (χ2v) is 9.40. The van der Waals surface area contributed by atoms with Gasteiger partial charge in [0.05, 0.1) is 4.90 Å². The molecule has 8 heteroatoms. The van der Waals surface area contributed by atoms with E-state index in [-0.39, 0.29) is 11.3 Å². The minimum atomic E-state index is -4.03. The van der Waals surface area contributed by atoms with E-state index in [1.807, 2.05) is 30.3 Å². The maximum Gasteiger partial charge on any atom is 0.269 e. The normalized spacial score (nSPS) is 12.1. The first kappa shape index (κ1) is 23.2. The van der Waals surface area contributed by atoms with Crippen molar-refractivity contribution in [2.75, 3.05) is 0 Å². The number of hydrazine groups is 1. The fourth-order valence-corrected chi connectivity index (χ4v) is 4.73. The minimum absolute atomic E-state index is 0.0467. The Morgan fingerprint density at radius 2 is 1.32 bits per heavy atom. The van der Waals surface area contributed by atoms with E-state index < -0.39 is 27.9 Å². The van der Waals surface area contributed by atoms with Crippen LogP contribution in [-0.4, -0.2) is 26.3 Å². The summed E-state index contributed by atoms with van der Waals surface area (Å²) in [5.41, 5.74) is 5.80. The second kappa shape index (κ2) is 10.3. The Balaban J connectivity index is 1.54. The third kappa shape index (κ3) is 5.67. The van der Waals surface area contributed by atoms with E-state index in [1.54, 1.807) is 66.7 Å². The highest BCUT2D eigenvalue weighted by atomic mass is 32.2. The number of nitrogens with one attached hydrogen (secondary N) is 3. The number of carbonyl (C=O) groups is 2. The number of benzene rings is 4. The summed E-state index contributed by atoms with van der Waals surface area (Å²) >= 11 is 0. The van der Waals surface area contributed by atoms with Crippen molar-refractivity contribution in [3.63, 3.8) is 0 Å². The summed E-state index contributed by atoms with van der Waals surface area (Å²) in [6.07, 6.45) is 0.0979. The molecular formula is C26H23N3O4S. The van der Waals surface area contributed by atoms with Gasteiger partial charge >= 0.3 is 0 Å². The van der Waals surface area contributed by atoms with Gasteiger partial charge in [-0.05, 0) is 47.0 Å². The summed E-state index contributed by atoms with van der Waals surface area (Å²) in [7, 11) is -4.03. The first-order chi connectivity index (χ1) is 16.4. The molecule has 0 aromatic heterocycles. The molecule has 4 aromatic carbocycles. The molecule has 172 valence electrons. The zero-order chi connectivity index (χ0) is 24.0. The van der Waals surface area contributed by atoms with Crippen molar-refractivity contribution in [1.29, 1.82) is 0 Å². The Bertz CT molecular complexity index is 1410. The Kier molecular flexibility index (Phi) is 7.01. The average Bonchev–Trinajstić information content (AvgIpc) is 2.87. The van der Waals surface area contributed by atoms with Crippen molar-refractivity contribution >= 4 is 32.6 Å². The molecule has 2 amide bonds. The number of rotatable bonds is 7. The molecule has 0 saturated carbocycles. The fourth-order valence-electron chi connectivity index (χ4n) is 3.49. The minimum Gasteiger partial charge on any atom is -0.271 e. The Hall–Kier alpha value is -4.01. The highest BCUT2D eigenvalue weighted by Gasteiger charge is 2.26. The topological polar surface area (TPSA) is 104 Å². The van der Waals surface area contributed by atoms with Crippen molar-refractivity contribution in [3.8, 4) is 0 Å². The average molecular weight is 474 g/mol. The smallest absolute Gasteiger partial charge is 0.269 e. The second-order valence-electron chi connectivity index (χ2n) is 7.68. The van der Waals surface area contributed by atoms with E-state index in [1.165, 1.54) is 6.07 Å².